The lowest BCUT2D eigenvalue weighted by Gasteiger charge is -2.15. The highest BCUT2D eigenvalue weighted by Crippen LogP contribution is 2.05. The van der Waals surface area contributed by atoms with Crippen LogP contribution >= 0.6 is 12.2 Å². The molecule has 5 heteroatoms. The predicted molar refractivity (Wildman–Crippen MR) is 76.5 cm³/mol. The topological polar surface area (TPSA) is 68.0 Å². The Morgan fingerprint density at radius 2 is 2.11 bits per heavy atom. The van der Waals surface area contributed by atoms with Crippen LogP contribution in [-0.4, -0.2) is 21.9 Å². The average molecular weight is 265 g/mol. The van der Waals surface area contributed by atoms with Gasteiger partial charge in [-0.25, -0.2) is 0 Å². The molecule has 18 heavy (non-hydrogen) atoms. The van der Waals surface area contributed by atoms with Crippen LogP contribution in [0.1, 0.15) is 43.2 Å². The van der Waals surface area contributed by atoms with Crippen LogP contribution < -0.4 is 11.1 Å². The molecule has 98 valence electrons. The lowest BCUT2D eigenvalue weighted by molar-refractivity contribution is 0.0931. The Bertz CT molecular complexity index is 428. The molecule has 0 aliphatic carbocycles. The van der Waals surface area contributed by atoms with E-state index in [2.05, 4.69) is 24.1 Å². The van der Waals surface area contributed by atoms with Crippen LogP contribution in [0.15, 0.2) is 18.3 Å². The molecular weight excluding hydrogens is 246 g/mol. The van der Waals surface area contributed by atoms with Crippen molar-refractivity contribution >= 4 is 23.1 Å². The molecule has 1 aromatic rings. The summed E-state index contributed by atoms with van der Waals surface area (Å²) < 4.78 is 0. The van der Waals surface area contributed by atoms with E-state index in [4.69, 9.17) is 18.0 Å². The van der Waals surface area contributed by atoms with Crippen molar-refractivity contribution < 1.29 is 4.79 Å². The fraction of sp³-hybridized carbons (Fsp3) is 0.462. The summed E-state index contributed by atoms with van der Waals surface area (Å²) in [7, 11) is 0. The van der Waals surface area contributed by atoms with Crippen LogP contribution in [0.3, 0.4) is 0 Å². The number of amides is 1. The Kier molecular flexibility index (Phi) is 5.22. The molecule has 1 amide bonds. The summed E-state index contributed by atoms with van der Waals surface area (Å²) in [6.07, 6.45) is 2.46. The first-order valence-electron chi connectivity index (χ1n) is 5.97. The first-order chi connectivity index (χ1) is 8.40. The highest BCUT2D eigenvalue weighted by molar-refractivity contribution is 7.80. The van der Waals surface area contributed by atoms with Gasteiger partial charge in [-0.1, -0.05) is 26.1 Å². The van der Waals surface area contributed by atoms with Crippen molar-refractivity contribution in [3.05, 3.63) is 29.6 Å². The van der Waals surface area contributed by atoms with Gasteiger partial charge in [-0.15, -0.1) is 0 Å². The summed E-state index contributed by atoms with van der Waals surface area (Å²) in [5, 5.41) is 2.91. The number of pyridine rings is 1. The van der Waals surface area contributed by atoms with Crippen LogP contribution in [0.25, 0.3) is 0 Å². The van der Waals surface area contributed by atoms with Gasteiger partial charge in [0.1, 0.15) is 10.7 Å². The second-order valence-electron chi connectivity index (χ2n) is 4.80. The Morgan fingerprint density at radius 1 is 1.44 bits per heavy atom. The van der Waals surface area contributed by atoms with E-state index in [0.29, 0.717) is 17.2 Å². The van der Waals surface area contributed by atoms with Gasteiger partial charge in [-0.2, -0.15) is 0 Å². The third-order valence-electron chi connectivity index (χ3n) is 2.48. The molecule has 4 nitrogen and oxygen atoms in total. The first-order valence-corrected chi connectivity index (χ1v) is 6.37. The fourth-order valence-corrected chi connectivity index (χ4v) is 1.86. The van der Waals surface area contributed by atoms with Crippen molar-refractivity contribution in [2.24, 2.45) is 11.7 Å². The summed E-state index contributed by atoms with van der Waals surface area (Å²) in [6.45, 7) is 6.23. The van der Waals surface area contributed by atoms with Crippen LogP contribution in [0, 0.1) is 5.92 Å². The maximum atomic E-state index is 11.9. The number of rotatable bonds is 5. The van der Waals surface area contributed by atoms with Crippen molar-refractivity contribution in [2.75, 3.05) is 0 Å². The van der Waals surface area contributed by atoms with E-state index in [-0.39, 0.29) is 16.9 Å². The number of carbonyl (C=O) groups excluding carboxylic acids is 1. The average Bonchev–Trinajstić information content (AvgIpc) is 2.27. The van der Waals surface area contributed by atoms with E-state index in [9.17, 15) is 4.79 Å². The number of carbonyl (C=O) groups is 1. The minimum atomic E-state index is -0.169. The molecular formula is C13H19N3OS. The summed E-state index contributed by atoms with van der Waals surface area (Å²) in [4.78, 5) is 16.2. The summed E-state index contributed by atoms with van der Waals surface area (Å²) >= 11 is 4.83. The largest absolute Gasteiger partial charge is 0.389 e. The Labute approximate surface area is 113 Å². The molecule has 0 saturated heterocycles. The van der Waals surface area contributed by atoms with Gasteiger partial charge in [0.2, 0.25) is 0 Å². The van der Waals surface area contributed by atoms with Crippen molar-refractivity contribution in [1.29, 1.82) is 0 Å². The molecule has 0 radical (unpaired) electrons. The number of nitrogens with zero attached hydrogens (tertiary/aromatic N) is 1. The van der Waals surface area contributed by atoms with Crippen LogP contribution in [0.2, 0.25) is 0 Å². The molecule has 1 aromatic heterocycles. The van der Waals surface area contributed by atoms with Gasteiger partial charge < -0.3 is 11.1 Å². The minimum absolute atomic E-state index is 0.134. The number of nitrogens with two attached hydrogens (primary N) is 1. The maximum Gasteiger partial charge on any atom is 0.270 e. The zero-order valence-corrected chi connectivity index (χ0v) is 11.8. The van der Waals surface area contributed by atoms with E-state index in [1.807, 2.05) is 6.92 Å². The lowest BCUT2D eigenvalue weighted by Crippen LogP contribution is -2.34. The van der Waals surface area contributed by atoms with Crippen molar-refractivity contribution in [1.82, 2.24) is 10.3 Å². The predicted octanol–water partition coefficient (Wildman–Crippen LogP) is 1.88. The zero-order chi connectivity index (χ0) is 13.7. The number of aromatic nitrogens is 1. The van der Waals surface area contributed by atoms with Crippen LogP contribution in [0.4, 0.5) is 0 Å². The Hall–Kier alpha value is -1.49. The van der Waals surface area contributed by atoms with Crippen molar-refractivity contribution in [2.45, 2.75) is 33.2 Å². The van der Waals surface area contributed by atoms with Crippen LogP contribution in [0.5, 0.6) is 0 Å². The van der Waals surface area contributed by atoms with E-state index in [0.717, 1.165) is 6.42 Å². The highest BCUT2D eigenvalue weighted by Gasteiger charge is 2.12. The third kappa shape index (κ3) is 4.41. The van der Waals surface area contributed by atoms with Crippen molar-refractivity contribution in [3.63, 3.8) is 0 Å². The third-order valence-corrected chi connectivity index (χ3v) is 2.72. The van der Waals surface area contributed by atoms with E-state index in [1.54, 1.807) is 12.1 Å². The molecule has 0 bridgehead atoms. The summed E-state index contributed by atoms with van der Waals surface area (Å²) in [6, 6.07) is 3.47. The van der Waals surface area contributed by atoms with Crippen molar-refractivity contribution in [3.8, 4) is 0 Å². The molecule has 3 N–H and O–H groups in total. The Morgan fingerprint density at radius 3 is 2.56 bits per heavy atom. The number of hydrogen-bond acceptors (Lipinski definition) is 3. The number of thiocarbonyl (C=S) groups is 1. The molecule has 1 rings (SSSR count). The summed E-state index contributed by atoms with van der Waals surface area (Å²) in [5.41, 5.74) is 6.51. The quantitative estimate of drug-likeness (QED) is 0.798. The van der Waals surface area contributed by atoms with Gasteiger partial charge in [0, 0.05) is 17.8 Å². The molecule has 0 aliphatic heterocycles. The smallest absolute Gasteiger partial charge is 0.270 e. The zero-order valence-electron chi connectivity index (χ0n) is 10.9. The Balaban J connectivity index is 2.64. The molecule has 1 unspecified atom stereocenters. The van der Waals surface area contributed by atoms with Crippen LogP contribution in [-0.2, 0) is 0 Å². The molecule has 1 heterocycles. The number of hydrogen-bond donors (Lipinski definition) is 2. The van der Waals surface area contributed by atoms with Gasteiger partial charge in [0.25, 0.3) is 5.91 Å². The SMILES string of the molecule is CC(C)CC(C)NC(=O)c1ccc(C(N)=S)cn1. The normalized spacial score (nSPS) is 12.2. The molecule has 0 aliphatic rings. The number of nitrogens with one attached hydrogen (secondary N) is 1. The first kappa shape index (κ1) is 14.6. The molecule has 0 spiro atoms. The highest BCUT2D eigenvalue weighted by atomic mass is 32.1. The second kappa shape index (κ2) is 6.44. The van der Waals surface area contributed by atoms with Gasteiger partial charge in [-0.3, -0.25) is 9.78 Å². The minimum Gasteiger partial charge on any atom is -0.389 e. The molecule has 0 aromatic carbocycles. The van der Waals surface area contributed by atoms with Gasteiger partial charge in [0.05, 0.1) is 0 Å². The summed E-state index contributed by atoms with van der Waals surface area (Å²) in [5.74, 6) is 0.378. The van der Waals surface area contributed by atoms with E-state index in [1.165, 1.54) is 6.20 Å². The molecule has 0 saturated carbocycles. The van der Waals surface area contributed by atoms with Gasteiger partial charge in [-0.05, 0) is 31.4 Å². The second-order valence-corrected chi connectivity index (χ2v) is 5.24. The van der Waals surface area contributed by atoms with Gasteiger partial charge >= 0.3 is 0 Å². The standard InChI is InChI=1S/C13H19N3OS/c1-8(2)6-9(3)16-13(17)11-5-4-10(7-15-11)12(14)18/h4-5,7-9H,6H2,1-3H3,(H2,14,18)(H,16,17). The van der Waals surface area contributed by atoms with E-state index >= 15 is 0 Å². The van der Waals surface area contributed by atoms with E-state index < -0.39 is 0 Å². The van der Waals surface area contributed by atoms with Gasteiger partial charge in [0.15, 0.2) is 0 Å². The maximum absolute atomic E-state index is 11.9. The monoisotopic (exact) mass is 265 g/mol. The molecule has 1 atom stereocenters. The molecule has 0 fully saturated rings. The lowest BCUT2D eigenvalue weighted by atomic mass is 10.1. The fourth-order valence-electron chi connectivity index (χ4n) is 1.74.